The quantitative estimate of drug-likeness (QED) is 0.613. The number of nitrogens with one attached hydrogen (secondary N) is 2. The highest BCUT2D eigenvalue weighted by atomic mass is 16.6. The molecule has 1 amide bonds. The van der Waals surface area contributed by atoms with Crippen LogP contribution in [0.1, 0.15) is 25.7 Å². The minimum absolute atomic E-state index is 0.0326. The van der Waals surface area contributed by atoms with E-state index in [1.54, 1.807) is 7.11 Å². The minimum Gasteiger partial charge on any atom is -0.497 e. The molecule has 1 atom stereocenters. The van der Waals surface area contributed by atoms with E-state index in [-0.39, 0.29) is 12.0 Å². The second-order valence-electron chi connectivity index (χ2n) is 6.79. The summed E-state index contributed by atoms with van der Waals surface area (Å²) in [6, 6.07) is 15.1. The summed E-state index contributed by atoms with van der Waals surface area (Å²) in [4.78, 5) is 12.0. The molecule has 0 bridgehead atoms. The number of methoxy groups -OCH3 is 1. The van der Waals surface area contributed by atoms with Gasteiger partial charge in [0, 0.05) is 18.7 Å². The van der Waals surface area contributed by atoms with E-state index >= 15 is 0 Å². The topological polar surface area (TPSA) is 68.8 Å². The van der Waals surface area contributed by atoms with Crippen molar-refractivity contribution >= 4 is 11.6 Å². The number of amides is 1. The third-order valence-electron chi connectivity index (χ3n) is 4.57. The number of rotatable bonds is 10. The summed E-state index contributed by atoms with van der Waals surface area (Å²) in [5, 5.41) is 6.31. The fraction of sp³-hybridized carbons (Fsp3) is 0.409. The number of carbonyl (C=O) groups excluding carboxylic acids is 1. The number of hydrogen-bond acceptors (Lipinski definition) is 5. The smallest absolute Gasteiger partial charge is 0.224 e. The molecule has 1 aliphatic heterocycles. The van der Waals surface area contributed by atoms with Crippen molar-refractivity contribution in [1.29, 1.82) is 0 Å². The lowest BCUT2D eigenvalue weighted by atomic mass is 10.2. The summed E-state index contributed by atoms with van der Waals surface area (Å²) >= 11 is 0. The zero-order valence-electron chi connectivity index (χ0n) is 16.3. The number of hydrogen-bond donors (Lipinski definition) is 2. The normalized spacial score (nSPS) is 15.1. The molecule has 0 spiro atoms. The first-order valence-corrected chi connectivity index (χ1v) is 9.77. The van der Waals surface area contributed by atoms with Gasteiger partial charge in [-0.25, -0.2) is 0 Å². The molecule has 28 heavy (non-hydrogen) atoms. The highest BCUT2D eigenvalue weighted by Gasteiger charge is 2.19. The Kier molecular flexibility index (Phi) is 7.55. The van der Waals surface area contributed by atoms with Crippen LogP contribution in [0.5, 0.6) is 17.2 Å². The molecule has 6 nitrogen and oxygen atoms in total. The number of anilines is 1. The van der Waals surface area contributed by atoms with Crippen LogP contribution in [-0.4, -0.2) is 38.8 Å². The number of benzene rings is 2. The van der Waals surface area contributed by atoms with Crippen molar-refractivity contribution < 1.29 is 19.0 Å². The van der Waals surface area contributed by atoms with Gasteiger partial charge in [-0.2, -0.15) is 0 Å². The van der Waals surface area contributed by atoms with E-state index in [1.807, 2.05) is 48.5 Å². The van der Waals surface area contributed by atoms with E-state index < -0.39 is 0 Å². The monoisotopic (exact) mass is 384 g/mol. The maximum absolute atomic E-state index is 12.0. The summed E-state index contributed by atoms with van der Waals surface area (Å²) in [5.41, 5.74) is 0.795. The molecule has 6 heteroatoms. The van der Waals surface area contributed by atoms with Crippen molar-refractivity contribution in [2.24, 2.45) is 0 Å². The van der Waals surface area contributed by atoms with Gasteiger partial charge in [0.1, 0.15) is 18.5 Å². The number of unbranched alkanes of at least 4 members (excludes halogenated alkanes) is 2. The van der Waals surface area contributed by atoms with Crippen molar-refractivity contribution in [3.63, 3.8) is 0 Å². The average Bonchev–Trinajstić information content (AvgIpc) is 2.73. The number of carbonyl (C=O) groups is 1. The van der Waals surface area contributed by atoms with Gasteiger partial charge in [0.2, 0.25) is 5.91 Å². The van der Waals surface area contributed by atoms with Crippen LogP contribution in [0.2, 0.25) is 0 Å². The van der Waals surface area contributed by atoms with Crippen LogP contribution < -0.4 is 24.8 Å². The van der Waals surface area contributed by atoms with Gasteiger partial charge < -0.3 is 24.8 Å². The number of para-hydroxylation sites is 2. The lowest BCUT2D eigenvalue weighted by Crippen LogP contribution is -2.38. The standard InChI is InChI=1S/C22H28N2O4/c1-26-18-12-10-17(11-13-18)24-22(25)9-3-2-6-14-23-15-19-16-27-20-7-4-5-8-21(20)28-19/h4-5,7-8,10-13,19,23H,2-3,6,9,14-16H2,1H3,(H,24,25). The lowest BCUT2D eigenvalue weighted by Gasteiger charge is -2.26. The Morgan fingerprint density at radius 1 is 1.07 bits per heavy atom. The third kappa shape index (κ3) is 6.16. The summed E-state index contributed by atoms with van der Waals surface area (Å²) in [5.74, 6) is 2.44. The van der Waals surface area contributed by atoms with Gasteiger partial charge in [-0.3, -0.25) is 4.79 Å². The first kappa shape index (κ1) is 20.0. The van der Waals surface area contributed by atoms with Crippen molar-refractivity contribution in [2.45, 2.75) is 31.8 Å². The van der Waals surface area contributed by atoms with Crippen molar-refractivity contribution in [3.8, 4) is 17.2 Å². The molecule has 0 radical (unpaired) electrons. The molecule has 1 heterocycles. The Hall–Kier alpha value is -2.73. The average molecular weight is 384 g/mol. The van der Waals surface area contributed by atoms with Crippen LogP contribution in [-0.2, 0) is 4.79 Å². The molecule has 2 aromatic carbocycles. The third-order valence-corrected chi connectivity index (χ3v) is 4.57. The second-order valence-corrected chi connectivity index (χ2v) is 6.79. The van der Waals surface area contributed by atoms with Crippen molar-refractivity contribution in [2.75, 3.05) is 32.1 Å². The number of ether oxygens (including phenoxy) is 3. The van der Waals surface area contributed by atoms with Crippen LogP contribution in [0.3, 0.4) is 0 Å². The van der Waals surface area contributed by atoms with Crippen molar-refractivity contribution in [3.05, 3.63) is 48.5 Å². The minimum atomic E-state index is 0.0326. The molecular weight excluding hydrogens is 356 g/mol. The lowest BCUT2D eigenvalue weighted by molar-refractivity contribution is -0.116. The van der Waals surface area contributed by atoms with Crippen LogP contribution in [0, 0.1) is 0 Å². The molecule has 3 rings (SSSR count). The fourth-order valence-corrected chi connectivity index (χ4v) is 3.04. The van der Waals surface area contributed by atoms with Gasteiger partial charge in [-0.05, 0) is 55.8 Å². The molecule has 1 unspecified atom stereocenters. The van der Waals surface area contributed by atoms with Gasteiger partial charge in [0.15, 0.2) is 11.5 Å². The summed E-state index contributed by atoms with van der Waals surface area (Å²) in [6.45, 7) is 2.23. The van der Waals surface area contributed by atoms with Crippen LogP contribution >= 0.6 is 0 Å². The molecule has 2 aromatic rings. The van der Waals surface area contributed by atoms with E-state index in [2.05, 4.69) is 10.6 Å². The predicted molar refractivity (Wildman–Crippen MR) is 109 cm³/mol. The summed E-state index contributed by atoms with van der Waals surface area (Å²) in [6.07, 6.45) is 3.47. The Morgan fingerprint density at radius 2 is 1.86 bits per heavy atom. The molecular formula is C22H28N2O4. The first-order chi connectivity index (χ1) is 13.7. The molecule has 0 saturated carbocycles. The Balaban J connectivity index is 1.22. The van der Waals surface area contributed by atoms with Crippen LogP contribution in [0.25, 0.3) is 0 Å². The zero-order valence-corrected chi connectivity index (χ0v) is 16.3. The molecule has 150 valence electrons. The molecule has 2 N–H and O–H groups in total. The maximum Gasteiger partial charge on any atom is 0.224 e. The number of fused-ring (bicyclic) bond motifs is 1. The highest BCUT2D eigenvalue weighted by Crippen LogP contribution is 2.30. The van der Waals surface area contributed by atoms with Crippen LogP contribution in [0.15, 0.2) is 48.5 Å². The van der Waals surface area contributed by atoms with E-state index in [0.29, 0.717) is 13.0 Å². The van der Waals surface area contributed by atoms with Gasteiger partial charge >= 0.3 is 0 Å². The summed E-state index contributed by atoms with van der Waals surface area (Å²) in [7, 11) is 1.62. The second kappa shape index (κ2) is 10.6. The first-order valence-electron chi connectivity index (χ1n) is 9.77. The Bertz CT molecular complexity index is 748. The van der Waals surface area contributed by atoms with Crippen molar-refractivity contribution in [1.82, 2.24) is 5.32 Å². The predicted octanol–water partition coefficient (Wildman–Crippen LogP) is 3.62. The van der Waals surface area contributed by atoms with Gasteiger partial charge in [0.05, 0.1) is 7.11 Å². The van der Waals surface area contributed by atoms with Gasteiger partial charge in [0.25, 0.3) is 0 Å². The Morgan fingerprint density at radius 3 is 2.64 bits per heavy atom. The zero-order chi connectivity index (χ0) is 19.6. The van der Waals surface area contributed by atoms with Gasteiger partial charge in [-0.15, -0.1) is 0 Å². The molecule has 0 saturated heterocycles. The molecule has 0 aromatic heterocycles. The maximum atomic E-state index is 12.0. The highest BCUT2D eigenvalue weighted by molar-refractivity contribution is 5.90. The molecule has 0 aliphatic carbocycles. The van der Waals surface area contributed by atoms with Crippen LogP contribution in [0.4, 0.5) is 5.69 Å². The van der Waals surface area contributed by atoms with E-state index in [1.165, 1.54) is 0 Å². The van der Waals surface area contributed by atoms with E-state index in [4.69, 9.17) is 14.2 Å². The largest absolute Gasteiger partial charge is 0.497 e. The fourth-order valence-electron chi connectivity index (χ4n) is 3.04. The van der Waals surface area contributed by atoms with E-state index in [9.17, 15) is 4.79 Å². The van der Waals surface area contributed by atoms with Gasteiger partial charge in [-0.1, -0.05) is 18.6 Å². The van der Waals surface area contributed by atoms with E-state index in [0.717, 1.165) is 55.3 Å². The molecule has 0 fully saturated rings. The molecule has 1 aliphatic rings. The SMILES string of the molecule is COc1ccc(NC(=O)CCCCCNCC2COc3ccccc3O2)cc1. The summed E-state index contributed by atoms with van der Waals surface area (Å²) < 4.78 is 16.7. The Labute approximate surface area is 166 Å².